The van der Waals surface area contributed by atoms with Gasteiger partial charge in [-0.15, -0.1) is 0 Å². The Labute approximate surface area is 150 Å². The maximum Gasteiger partial charge on any atom is 0.256 e. The summed E-state index contributed by atoms with van der Waals surface area (Å²) in [5, 5.41) is 3.40. The van der Waals surface area contributed by atoms with Crippen LogP contribution in [0.1, 0.15) is 53.9 Å². The Morgan fingerprint density at radius 1 is 1.25 bits per heavy atom. The predicted octanol–water partition coefficient (Wildman–Crippen LogP) is 5.30. The van der Waals surface area contributed by atoms with Crippen molar-refractivity contribution in [1.29, 1.82) is 0 Å². The zero-order valence-electron chi connectivity index (χ0n) is 15.4. The van der Waals surface area contributed by atoms with E-state index in [9.17, 15) is 4.79 Å². The van der Waals surface area contributed by atoms with Crippen LogP contribution in [-0.4, -0.2) is 24.7 Å². The van der Waals surface area contributed by atoms with Crippen LogP contribution in [0.2, 0.25) is 5.02 Å². The first-order valence-corrected chi connectivity index (χ1v) is 9.08. The van der Waals surface area contributed by atoms with Gasteiger partial charge in [0.15, 0.2) is 0 Å². The van der Waals surface area contributed by atoms with Crippen molar-refractivity contribution in [2.45, 2.75) is 59.5 Å². The van der Waals surface area contributed by atoms with Gasteiger partial charge in [0.2, 0.25) is 0 Å². The van der Waals surface area contributed by atoms with Crippen molar-refractivity contribution in [2.75, 3.05) is 18.5 Å². The second-order valence-corrected chi connectivity index (χ2v) is 7.03. The van der Waals surface area contributed by atoms with Gasteiger partial charge in [-0.2, -0.15) is 0 Å². The standard InChI is InChI=1S/C19H30ClNO3/c1-6-10-23-17-9-8-15(12-16(17)20)21-18(22)19(5,13-14(3)4)24-11-7-2/h8-9,12,14H,6-7,10-11,13H2,1-5H3,(H,21,22)/t19-/m1/s1. The summed E-state index contributed by atoms with van der Waals surface area (Å²) in [6, 6.07) is 5.28. The Bertz CT molecular complexity index is 533. The molecule has 1 rings (SSSR count). The van der Waals surface area contributed by atoms with Gasteiger partial charge in [0.25, 0.3) is 5.91 Å². The van der Waals surface area contributed by atoms with E-state index in [1.54, 1.807) is 18.2 Å². The Morgan fingerprint density at radius 2 is 1.92 bits per heavy atom. The van der Waals surface area contributed by atoms with E-state index in [4.69, 9.17) is 21.1 Å². The summed E-state index contributed by atoms with van der Waals surface area (Å²) in [4.78, 5) is 12.7. The van der Waals surface area contributed by atoms with Crippen molar-refractivity contribution >= 4 is 23.2 Å². The third-order valence-corrected chi connectivity index (χ3v) is 3.85. The molecule has 0 aromatic heterocycles. The highest BCUT2D eigenvalue weighted by molar-refractivity contribution is 6.32. The molecular formula is C19H30ClNO3. The van der Waals surface area contributed by atoms with E-state index in [0.717, 1.165) is 12.8 Å². The molecule has 0 radical (unpaired) electrons. The van der Waals surface area contributed by atoms with Crippen LogP contribution in [0, 0.1) is 5.92 Å². The van der Waals surface area contributed by atoms with E-state index >= 15 is 0 Å². The van der Waals surface area contributed by atoms with Crippen LogP contribution >= 0.6 is 11.6 Å². The van der Waals surface area contributed by atoms with Crippen molar-refractivity contribution in [3.05, 3.63) is 23.2 Å². The van der Waals surface area contributed by atoms with Crippen LogP contribution in [0.15, 0.2) is 18.2 Å². The number of carbonyl (C=O) groups excluding carboxylic acids is 1. The number of hydrogen-bond donors (Lipinski definition) is 1. The summed E-state index contributed by atoms with van der Waals surface area (Å²) in [6.45, 7) is 11.2. The molecule has 0 saturated heterocycles. The minimum absolute atomic E-state index is 0.150. The summed E-state index contributed by atoms with van der Waals surface area (Å²) in [6.07, 6.45) is 2.44. The second-order valence-electron chi connectivity index (χ2n) is 6.63. The quantitative estimate of drug-likeness (QED) is 0.619. The van der Waals surface area contributed by atoms with E-state index < -0.39 is 5.60 Å². The van der Waals surface area contributed by atoms with Crippen molar-refractivity contribution < 1.29 is 14.3 Å². The average Bonchev–Trinajstić information content (AvgIpc) is 2.51. The van der Waals surface area contributed by atoms with Crippen molar-refractivity contribution in [3.63, 3.8) is 0 Å². The first-order valence-electron chi connectivity index (χ1n) is 8.70. The van der Waals surface area contributed by atoms with Crippen LogP contribution in [0.4, 0.5) is 5.69 Å². The Balaban J connectivity index is 2.84. The van der Waals surface area contributed by atoms with E-state index in [1.807, 2.05) is 20.8 Å². The molecule has 0 aliphatic carbocycles. The van der Waals surface area contributed by atoms with Crippen molar-refractivity contribution in [1.82, 2.24) is 0 Å². The number of carbonyl (C=O) groups is 1. The summed E-state index contributed by atoms with van der Waals surface area (Å²) in [7, 11) is 0. The van der Waals surface area contributed by atoms with Crippen LogP contribution in [0.25, 0.3) is 0 Å². The molecule has 0 heterocycles. The van der Waals surface area contributed by atoms with Gasteiger partial charge >= 0.3 is 0 Å². The Hall–Kier alpha value is -1.26. The highest BCUT2D eigenvalue weighted by Gasteiger charge is 2.35. The van der Waals surface area contributed by atoms with E-state index in [2.05, 4.69) is 19.2 Å². The lowest BCUT2D eigenvalue weighted by Gasteiger charge is -2.30. The normalized spacial score (nSPS) is 13.6. The molecule has 1 amide bonds. The van der Waals surface area contributed by atoms with Gasteiger partial charge in [-0.1, -0.05) is 39.3 Å². The molecule has 0 fully saturated rings. The molecule has 1 aromatic rings. The largest absolute Gasteiger partial charge is 0.492 e. The van der Waals surface area contributed by atoms with Gasteiger partial charge in [0, 0.05) is 12.3 Å². The number of halogens is 1. The first-order chi connectivity index (χ1) is 11.3. The maximum absolute atomic E-state index is 12.7. The molecule has 0 unspecified atom stereocenters. The molecule has 24 heavy (non-hydrogen) atoms. The molecule has 0 aliphatic rings. The molecular weight excluding hydrogens is 326 g/mol. The third kappa shape index (κ3) is 6.33. The number of hydrogen-bond acceptors (Lipinski definition) is 3. The summed E-state index contributed by atoms with van der Waals surface area (Å²) in [5.74, 6) is 0.831. The molecule has 1 atom stereocenters. The zero-order valence-corrected chi connectivity index (χ0v) is 16.2. The van der Waals surface area contributed by atoms with Gasteiger partial charge in [0.05, 0.1) is 11.6 Å². The number of ether oxygens (including phenoxy) is 2. The monoisotopic (exact) mass is 355 g/mol. The lowest BCUT2D eigenvalue weighted by atomic mass is 9.93. The van der Waals surface area contributed by atoms with Gasteiger partial charge < -0.3 is 14.8 Å². The number of nitrogens with one attached hydrogen (secondary N) is 1. The van der Waals surface area contributed by atoms with Crippen LogP contribution in [-0.2, 0) is 9.53 Å². The summed E-state index contributed by atoms with van der Waals surface area (Å²) >= 11 is 6.22. The molecule has 0 aliphatic heterocycles. The predicted molar refractivity (Wildman–Crippen MR) is 100.0 cm³/mol. The number of rotatable bonds is 10. The molecule has 0 saturated carbocycles. The highest BCUT2D eigenvalue weighted by atomic mass is 35.5. The molecule has 1 N–H and O–H groups in total. The van der Waals surface area contributed by atoms with Gasteiger partial charge in [-0.3, -0.25) is 4.79 Å². The topological polar surface area (TPSA) is 47.6 Å². The fourth-order valence-electron chi connectivity index (χ4n) is 2.49. The molecule has 4 nitrogen and oxygen atoms in total. The number of anilines is 1. The first kappa shape index (κ1) is 20.8. The minimum Gasteiger partial charge on any atom is -0.492 e. The molecule has 1 aromatic carbocycles. The lowest BCUT2D eigenvalue weighted by Crippen LogP contribution is -2.44. The van der Waals surface area contributed by atoms with Gasteiger partial charge in [0.1, 0.15) is 11.4 Å². The lowest BCUT2D eigenvalue weighted by molar-refractivity contribution is -0.141. The van der Waals surface area contributed by atoms with Gasteiger partial charge in [-0.25, -0.2) is 0 Å². The molecule has 136 valence electrons. The Kier molecular flexibility index (Phi) is 8.57. The van der Waals surface area contributed by atoms with Crippen LogP contribution in [0.3, 0.4) is 0 Å². The highest BCUT2D eigenvalue weighted by Crippen LogP contribution is 2.29. The number of amides is 1. The van der Waals surface area contributed by atoms with E-state index in [1.165, 1.54) is 0 Å². The van der Waals surface area contributed by atoms with Crippen LogP contribution < -0.4 is 10.1 Å². The average molecular weight is 356 g/mol. The van der Waals surface area contributed by atoms with Gasteiger partial charge in [-0.05, 0) is 50.3 Å². The maximum atomic E-state index is 12.7. The Morgan fingerprint density at radius 3 is 2.46 bits per heavy atom. The summed E-state index contributed by atoms with van der Waals surface area (Å²) in [5.41, 5.74) is -0.211. The van der Waals surface area contributed by atoms with E-state index in [0.29, 0.717) is 42.0 Å². The smallest absolute Gasteiger partial charge is 0.256 e. The van der Waals surface area contributed by atoms with E-state index in [-0.39, 0.29) is 5.91 Å². The molecule has 5 heteroatoms. The second kappa shape index (κ2) is 9.90. The molecule has 0 spiro atoms. The molecule has 0 bridgehead atoms. The summed E-state index contributed by atoms with van der Waals surface area (Å²) < 4.78 is 11.4. The number of benzene rings is 1. The minimum atomic E-state index is -0.853. The fraction of sp³-hybridized carbons (Fsp3) is 0.632. The third-order valence-electron chi connectivity index (χ3n) is 3.55. The van der Waals surface area contributed by atoms with Crippen molar-refractivity contribution in [2.24, 2.45) is 5.92 Å². The van der Waals surface area contributed by atoms with Crippen LogP contribution in [0.5, 0.6) is 5.75 Å². The SMILES string of the molecule is CCCOc1ccc(NC(=O)[C@@](C)(CC(C)C)OCCC)cc1Cl. The van der Waals surface area contributed by atoms with Crippen molar-refractivity contribution in [3.8, 4) is 5.75 Å². The zero-order chi connectivity index (χ0) is 18.2. The fourth-order valence-corrected chi connectivity index (χ4v) is 2.73.